The molecular weight excluding hydrogens is 354 g/mol. The molecule has 0 saturated carbocycles. The molecular formula is C18H17N3O4S. The SMILES string of the molecule is O=C(Cn1c(O)c(C=C2C=Nc3ccccc32)sc1=O)N1CCOCC1. The van der Waals surface area contributed by atoms with E-state index in [1.54, 1.807) is 17.2 Å². The minimum absolute atomic E-state index is 0.172. The van der Waals surface area contributed by atoms with Crippen molar-refractivity contribution in [3.63, 3.8) is 0 Å². The van der Waals surface area contributed by atoms with Crippen LogP contribution in [-0.4, -0.2) is 53.0 Å². The zero-order valence-electron chi connectivity index (χ0n) is 13.9. The number of morpholine rings is 1. The third-order valence-corrected chi connectivity index (χ3v) is 5.31. The van der Waals surface area contributed by atoms with Crippen molar-refractivity contribution >= 4 is 40.8 Å². The smallest absolute Gasteiger partial charge is 0.311 e. The van der Waals surface area contributed by atoms with Crippen molar-refractivity contribution in [2.75, 3.05) is 26.3 Å². The second-order valence-electron chi connectivity index (χ2n) is 6.01. The fourth-order valence-corrected chi connectivity index (χ4v) is 3.83. The largest absolute Gasteiger partial charge is 0.493 e. The van der Waals surface area contributed by atoms with Gasteiger partial charge in [-0.05, 0) is 12.1 Å². The van der Waals surface area contributed by atoms with Gasteiger partial charge in [0.1, 0.15) is 6.54 Å². The van der Waals surface area contributed by atoms with Gasteiger partial charge >= 0.3 is 4.87 Å². The molecule has 7 nitrogen and oxygen atoms in total. The monoisotopic (exact) mass is 371 g/mol. The van der Waals surface area contributed by atoms with Crippen LogP contribution in [0.5, 0.6) is 5.88 Å². The van der Waals surface area contributed by atoms with Crippen molar-refractivity contribution in [1.82, 2.24) is 9.47 Å². The summed E-state index contributed by atoms with van der Waals surface area (Å²) in [7, 11) is 0. The Morgan fingerprint density at radius 2 is 2.08 bits per heavy atom. The molecule has 0 bridgehead atoms. The van der Waals surface area contributed by atoms with Gasteiger partial charge in [-0.2, -0.15) is 0 Å². The molecule has 0 aliphatic carbocycles. The number of nitrogens with zero attached hydrogens (tertiary/aromatic N) is 3. The zero-order valence-corrected chi connectivity index (χ0v) is 14.7. The van der Waals surface area contributed by atoms with E-state index in [1.165, 1.54) is 0 Å². The molecule has 1 aromatic carbocycles. The van der Waals surface area contributed by atoms with Crippen LogP contribution in [0.1, 0.15) is 10.4 Å². The van der Waals surface area contributed by atoms with Crippen LogP contribution in [0, 0.1) is 0 Å². The molecule has 1 aromatic heterocycles. The molecule has 2 aromatic rings. The average molecular weight is 371 g/mol. The van der Waals surface area contributed by atoms with Crippen molar-refractivity contribution in [1.29, 1.82) is 0 Å². The molecule has 1 fully saturated rings. The van der Waals surface area contributed by atoms with E-state index in [2.05, 4.69) is 4.99 Å². The highest BCUT2D eigenvalue weighted by Crippen LogP contribution is 2.34. The molecule has 0 radical (unpaired) electrons. The number of aromatic hydroxyl groups is 1. The lowest BCUT2D eigenvalue weighted by atomic mass is 10.1. The van der Waals surface area contributed by atoms with E-state index in [4.69, 9.17) is 4.74 Å². The Labute approximate surface area is 153 Å². The number of allylic oxidation sites excluding steroid dienone is 1. The Morgan fingerprint density at radius 1 is 1.31 bits per heavy atom. The van der Waals surface area contributed by atoms with Crippen molar-refractivity contribution in [2.45, 2.75) is 6.54 Å². The minimum atomic E-state index is -0.362. The fraction of sp³-hybridized carbons (Fsp3) is 0.278. The Kier molecular flexibility index (Phi) is 4.44. The van der Waals surface area contributed by atoms with Gasteiger partial charge in [-0.25, -0.2) is 0 Å². The first-order chi connectivity index (χ1) is 12.6. The molecule has 134 valence electrons. The second kappa shape index (κ2) is 6.89. The van der Waals surface area contributed by atoms with Gasteiger partial charge in [0.25, 0.3) is 0 Å². The summed E-state index contributed by atoms with van der Waals surface area (Å²) >= 11 is 0.915. The molecule has 0 atom stereocenters. The van der Waals surface area contributed by atoms with E-state index < -0.39 is 0 Å². The summed E-state index contributed by atoms with van der Waals surface area (Å²) in [6.45, 7) is 1.82. The van der Waals surface area contributed by atoms with Gasteiger partial charge in [0.2, 0.25) is 11.8 Å². The molecule has 1 saturated heterocycles. The first-order valence-corrected chi connectivity index (χ1v) is 9.08. The molecule has 0 spiro atoms. The summed E-state index contributed by atoms with van der Waals surface area (Å²) in [5.41, 5.74) is 2.63. The van der Waals surface area contributed by atoms with Crippen LogP contribution in [0.25, 0.3) is 11.6 Å². The van der Waals surface area contributed by atoms with Crippen LogP contribution < -0.4 is 4.87 Å². The molecule has 26 heavy (non-hydrogen) atoms. The normalized spacial score (nSPS) is 17.7. The highest BCUT2D eigenvalue weighted by molar-refractivity contribution is 7.10. The summed E-state index contributed by atoms with van der Waals surface area (Å²) < 4.78 is 6.34. The second-order valence-corrected chi connectivity index (χ2v) is 7.00. The highest BCUT2D eigenvalue weighted by Gasteiger charge is 2.21. The molecule has 0 unspecified atom stereocenters. The van der Waals surface area contributed by atoms with E-state index in [0.29, 0.717) is 31.2 Å². The number of ether oxygens (including phenoxy) is 1. The standard InChI is InChI=1S/C18H17N3O4S/c22-16(20-5-7-25-8-6-20)11-21-17(23)15(26-18(21)24)9-12-10-19-14-4-2-1-3-13(12)14/h1-4,9-10,23H,5-8,11H2. The quantitative estimate of drug-likeness (QED) is 0.891. The van der Waals surface area contributed by atoms with Gasteiger partial charge in [-0.3, -0.25) is 19.1 Å². The van der Waals surface area contributed by atoms with Crippen LogP contribution in [0.2, 0.25) is 0 Å². The third kappa shape index (κ3) is 3.09. The lowest BCUT2D eigenvalue weighted by molar-refractivity contribution is -0.136. The van der Waals surface area contributed by atoms with Crippen molar-refractivity contribution < 1.29 is 14.6 Å². The predicted octanol–water partition coefficient (Wildman–Crippen LogP) is 1.73. The van der Waals surface area contributed by atoms with Crippen LogP contribution in [0.4, 0.5) is 5.69 Å². The van der Waals surface area contributed by atoms with E-state index in [-0.39, 0.29) is 23.2 Å². The van der Waals surface area contributed by atoms with E-state index >= 15 is 0 Å². The van der Waals surface area contributed by atoms with Crippen molar-refractivity contribution in [3.8, 4) is 5.88 Å². The van der Waals surface area contributed by atoms with Crippen LogP contribution >= 0.6 is 11.3 Å². The number of fused-ring (bicyclic) bond motifs is 1. The average Bonchev–Trinajstić information content (AvgIpc) is 3.19. The molecule has 3 heterocycles. The summed E-state index contributed by atoms with van der Waals surface area (Å²) in [4.78, 5) is 30.6. The van der Waals surface area contributed by atoms with E-state index in [1.807, 2.05) is 24.3 Å². The van der Waals surface area contributed by atoms with Crippen LogP contribution in [0.15, 0.2) is 34.1 Å². The number of aromatic nitrogens is 1. The topological polar surface area (TPSA) is 84.1 Å². The molecule has 2 aliphatic heterocycles. The maximum atomic E-state index is 12.4. The molecule has 8 heteroatoms. The van der Waals surface area contributed by atoms with Gasteiger partial charge in [-0.15, -0.1) is 0 Å². The lowest BCUT2D eigenvalue weighted by Gasteiger charge is -2.26. The van der Waals surface area contributed by atoms with Gasteiger partial charge in [0, 0.05) is 30.4 Å². The van der Waals surface area contributed by atoms with Gasteiger partial charge in [-0.1, -0.05) is 29.5 Å². The van der Waals surface area contributed by atoms with E-state index in [0.717, 1.165) is 32.7 Å². The number of hydrogen-bond acceptors (Lipinski definition) is 6. The number of carbonyl (C=O) groups excluding carboxylic acids is 1. The number of carbonyl (C=O) groups is 1. The van der Waals surface area contributed by atoms with E-state index in [9.17, 15) is 14.7 Å². The zero-order chi connectivity index (χ0) is 18.1. The number of hydrogen-bond donors (Lipinski definition) is 1. The Bertz CT molecular complexity index is 967. The number of benzene rings is 1. The van der Waals surface area contributed by atoms with Crippen molar-refractivity contribution in [2.24, 2.45) is 4.99 Å². The van der Waals surface area contributed by atoms with Gasteiger partial charge in [0.15, 0.2) is 0 Å². The summed E-state index contributed by atoms with van der Waals surface area (Å²) in [6, 6.07) is 7.66. The predicted molar refractivity (Wildman–Crippen MR) is 100 cm³/mol. The number of rotatable bonds is 3. The molecule has 1 amide bonds. The first kappa shape index (κ1) is 16.7. The maximum Gasteiger partial charge on any atom is 0.311 e. The number of amides is 1. The lowest BCUT2D eigenvalue weighted by Crippen LogP contribution is -2.43. The number of aliphatic imine (C=N–C) groups is 1. The van der Waals surface area contributed by atoms with Crippen LogP contribution in [-0.2, 0) is 16.1 Å². The number of para-hydroxylation sites is 1. The fourth-order valence-electron chi connectivity index (χ4n) is 2.99. The first-order valence-electron chi connectivity index (χ1n) is 8.27. The molecule has 4 rings (SSSR count). The number of thiazole rings is 1. The molecule has 1 N–H and O–H groups in total. The maximum absolute atomic E-state index is 12.4. The Balaban J connectivity index is 1.60. The Hall–Kier alpha value is -2.71. The van der Waals surface area contributed by atoms with Gasteiger partial charge < -0.3 is 14.7 Å². The Morgan fingerprint density at radius 3 is 2.88 bits per heavy atom. The molecule has 2 aliphatic rings. The third-order valence-electron chi connectivity index (χ3n) is 4.40. The summed E-state index contributed by atoms with van der Waals surface area (Å²) in [5.74, 6) is -0.387. The minimum Gasteiger partial charge on any atom is -0.493 e. The van der Waals surface area contributed by atoms with Gasteiger partial charge in [0.05, 0.1) is 23.8 Å². The summed E-state index contributed by atoms with van der Waals surface area (Å²) in [6.07, 6.45) is 3.43. The van der Waals surface area contributed by atoms with Crippen molar-refractivity contribution in [3.05, 3.63) is 44.4 Å². The summed E-state index contributed by atoms with van der Waals surface area (Å²) in [5, 5.41) is 10.5. The van der Waals surface area contributed by atoms with Crippen LogP contribution in [0.3, 0.4) is 0 Å². The highest BCUT2D eigenvalue weighted by atomic mass is 32.1.